The number of rotatable bonds is 6. The van der Waals surface area contributed by atoms with Gasteiger partial charge in [-0.2, -0.15) is 5.10 Å². The molecule has 0 bridgehead atoms. The van der Waals surface area contributed by atoms with E-state index in [1.54, 1.807) is 10.9 Å². The first kappa shape index (κ1) is 14.3. The normalized spacial score (nSPS) is 13.9. The van der Waals surface area contributed by atoms with Gasteiger partial charge in [-0.3, -0.25) is 10.00 Å². The molecule has 0 fully saturated rings. The molecule has 0 amide bonds. The van der Waals surface area contributed by atoms with Gasteiger partial charge in [-0.25, -0.2) is 4.79 Å². The molecule has 2 N–H and O–H groups in total. The van der Waals surface area contributed by atoms with Crippen LogP contribution in [0.3, 0.4) is 0 Å². The largest absolute Gasteiger partial charge is 0.480 e. The molecule has 20 heavy (non-hydrogen) atoms. The lowest BCUT2D eigenvalue weighted by Gasteiger charge is -2.30. The molecule has 2 aromatic rings. The number of carboxylic acid groups (broad SMARTS) is 1. The van der Waals surface area contributed by atoms with Gasteiger partial charge in [0.1, 0.15) is 0 Å². The summed E-state index contributed by atoms with van der Waals surface area (Å²) in [6.07, 6.45) is 1.80. The van der Waals surface area contributed by atoms with E-state index >= 15 is 0 Å². The van der Waals surface area contributed by atoms with Crippen molar-refractivity contribution in [1.29, 1.82) is 0 Å². The van der Waals surface area contributed by atoms with Gasteiger partial charge in [-0.1, -0.05) is 37.3 Å². The van der Waals surface area contributed by atoms with E-state index in [2.05, 4.69) is 10.4 Å². The van der Waals surface area contributed by atoms with Crippen molar-refractivity contribution in [1.82, 2.24) is 15.1 Å². The molecule has 106 valence electrons. The summed E-state index contributed by atoms with van der Waals surface area (Å²) < 4.78 is 1.67. The molecule has 0 aliphatic rings. The van der Waals surface area contributed by atoms with Crippen LogP contribution in [0.2, 0.25) is 0 Å². The van der Waals surface area contributed by atoms with Crippen LogP contribution >= 0.6 is 0 Å². The van der Waals surface area contributed by atoms with Gasteiger partial charge in [-0.05, 0) is 25.1 Å². The van der Waals surface area contributed by atoms with E-state index in [4.69, 9.17) is 0 Å². The summed E-state index contributed by atoms with van der Waals surface area (Å²) in [4.78, 5) is 11.9. The zero-order valence-corrected chi connectivity index (χ0v) is 11.7. The zero-order valence-electron chi connectivity index (χ0n) is 11.7. The van der Waals surface area contributed by atoms with Crippen LogP contribution in [0.5, 0.6) is 0 Å². The number of likely N-dealkylation sites (N-methyl/N-ethyl adjacent to an activating group) is 1. The molecule has 1 unspecified atom stereocenters. The Balaban J connectivity index is 2.44. The topological polar surface area (TPSA) is 67.2 Å². The Kier molecular flexibility index (Phi) is 4.20. The summed E-state index contributed by atoms with van der Waals surface area (Å²) in [5, 5.41) is 17.2. The predicted molar refractivity (Wildman–Crippen MR) is 76.4 cm³/mol. The van der Waals surface area contributed by atoms with E-state index in [-0.39, 0.29) is 6.54 Å². The quantitative estimate of drug-likeness (QED) is 0.842. The number of carbonyl (C=O) groups is 1. The zero-order chi connectivity index (χ0) is 14.6. The van der Waals surface area contributed by atoms with Crippen LogP contribution in [0, 0.1) is 6.92 Å². The van der Waals surface area contributed by atoms with Crippen molar-refractivity contribution in [2.75, 3.05) is 6.54 Å². The number of aryl methyl sites for hydroxylation is 1. The molecule has 1 aromatic carbocycles. The molecule has 5 heteroatoms. The molecule has 0 saturated heterocycles. The lowest BCUT2D eigenvalue weighted by atomic mass is 9.89. The van der Waals surface area contributed by atoms with E-state index in [9.17, 15) is 9.90 Å². The number of nitrogens with one attached hydrogen (secondary N) is 1. The molecule has 1 atom stereocenters. The number of nitrogens with zero attached hydrogens (tertiary/aromatic N) is 2. The van der Waals surface area contributed by atoms with Gasteiger partial charge in [0.25, 0.3) is 0 Å². The van der Waals surface area contributed by atoms with E-state index in [0.29, 0.717) is 6.54 Å². The highest BCUT2D eigenvalue weighted by Gasteiger charge is 2.40. The van der Waals surface area contributed by atoms with Crippen molar-refractivity contribution in [3.05, 3.63) is 53.9 Å². The van der Waals surface area contributed by atoms with Crippen molar-refractivity contribution < 1.29 is 9.90 Å². The number of aliphatic carboxylic acids is 1. The molecule has 0 spiro atoms. The third-order valence-corrected chi connectivity index (χ3v) is 3.28. The molecule has 0 aliphatic carbocycles. The molecule has 0 radical (unpaired) electrons. The molecule has 0 aliphatic heterocycles. The first-order chi connectivity index (χ1) is 9.58. The lowest BCUT2D eigenvalue weighted by Crippen LogP contribution is -2.52. The Morgan fingerprint density at radius 2 is 2.05 bits per heavy atom. The minimum Gasteiger partial charge on any atom is -0.480 e. The van der Waals surface area contributed by atoms with Gasteiger partial charge in [-0.15, -0.1) is 0 Å². The Hall–Kier alpha value is -2.14. The summed E-state index contributed by atoms with van der Waals surface area (Å²) in [6, 6.07) is 11.1. The Labute approximate surface area is 118 Å². The summed E-state index contributed by atoms with van der Waals surface area (Å²) in [7, 11) is 0. The predicted octanol–water partition coefficient (Wildman–Crippen LogP) is 1.78. The molecule has 0 saturated carbocycles. The van der Waals surface area contributed by atoms with E-state index in [1.807, 2.05) is 50.2 Å². The van der Waals surface area contributed by atoms with E-state index in [1.165, 1.54) is 0 Å². The van der Waals surface area contributed by atoms with Gasteiger partial charge >= 0.3 is 5.97 Å². The van der Waals surface area contributed by atoms with Crippen molar-refractivity contribution in [2.24, 2.45) is 0 Å². The van der Waals surface area contributed by atoms with Gasteiger partial charge in [0.2, 0.25) is 0 Å². The van der Waals surface area contributed by atoms with Gasteiger partial charge in [0, 0.05) is 6.20 Å². The van der Waals surface area contributed by atoms with Gasteiger partial charge in [0.05, 0.1) is 12.2 Å². The fraction of sp³-hybridized carbons (Fsp3) is 0.333. The van der Waals surface area contributed by atoms with E-state index < -0.39 is 11.5 Å². The third kappa shape index (κ3) is 2.72. The Morgan fingerprint density at radius 3 is 2.55 bits per heavy atom. The van der Waals surface area contributed by atoms with Crippen LogP contribution in [0.15, 0.2) is 42.6 Å². The van der Waals surface area contributed by atoms with Crippen LogP contribution in [0.1, 0.15) is 18.2 Å². The van der Waals surface area contributed by atoms with Gasteiger partial charge < -0.3 is 5.11 Å². The number of carboxylic acids is 1. The lowest BCUT2D eigenvalue weighted by molar-refractivity contribution is -0.146. The van der Waals surface area contributed by atoms with Crippen LogP contribution in [-0.4, -0.2) is 27.4 Å². The molecular weight excluding hydrogens is 254 g/mol. The highest BCUT2D eigenvalue weighted by atomic mass is 16.4. The average Bonchev–Trinajstić information content (AvgIpc) is 2.84. The monoisotopic (exact) mass is 273 g/mol. The Morgan fingerprint density at radius 1 is 1.35 bits per heavy atom. The van der Waals surface area contributed by atoms with Crippen LogP contribution in [0.25, 0.3) is 0 Å². The molecule has 1 aromatic heterocycles. The minimum atomic E-state index is -1.17. The number of aromatic nitrogens is 2. The summed E-state index contributed by atoms with van der Waals surface area (Å²) >= 11 is 0. The number of hydrogen-bond acceptors (Lipinski definition) is 3. The maximum atomic E-state index is 11.9. The van der Waals surface area contributed by atoms with Crippen LogP contribution in [0.4, 0.5) is 0 Å². The Bertz CT molecular complexity index is 580. The first-order valence-electron chi connectivity index (χ1n) is 6.62. The standard InChI is InChI=1S/C15H19N3O2/c1-3-16-15(14(19)20,13-7-5-4-6-8-13)11-18-10-9-12(2)17-18/h4-10,16H,3,11H2,1-2H3,(H,19,20). The smallest absolute Gasteiger partial charge is 0.330 e. The first-order valence-corrected chi connectivity index (χ1v) is 6.62. The fourth-order valence-electron chi connectivity index (χ4n) is 2.33. The second-order valence-electron chi connectivity index (χ2n) is 4.76. The molecule has 1 heterocycles. The minimum absolute atomic E-state index is 0.244. The van der Waals surface area contributed by atoms with Crippen LogP contribution in [-0.2, 0) is 16.9 Å². The highest BCUT2D eigenvalue weighted by molar-refractivity contribution is 5.80. The summed E-state index contributed by atoms with van der Waals surface area (Å²) in [6.45, 7) is 4.58. The second-order valence-corrected chi connectivity index (χ2v) is 4.76. The maximum Gasteiger partial charge on any atom is 0.330 e. The van der Waals surface area contributed by atoms with Crippen molar-refractivity contribution in [3.63, 3.8) is 0 Å². The highest BCUT2D eigenvalue weighted by Crippen LogP contribution is 2.24. The van der Waals surface area contributed by atoms with Crippen molar-refractivity contribution >= 4 is 5.97 Å². The van der Waals surface area contributed by atoms with E-state index in [0.717, 1.165) is 11.3 Å². The van der Waals surface area contributed by atoms with Crippen molar-refractivity contribution in [2.45, 2.75) is 25.9 Å². The number of benzene rings is 1. The third-order valence-electron chi connectivity index (χ3n) is 3.28. The molecule has 5 nitrogen and oxygen atoms in total. The van der Waals surface area contributed by atoms with Gasteiger partial charge in [0.15, 0.2) is 5.54 Å². The summed E-state index contributed by atoms with van der Waals surface area (Å²) in [5.74, 6) is -0.904. The SMILES string of the molecule is CCNC(Cn1ccc(C)n1)(C(=O)O)c1ccccc1. The second kappa shape index (κ2) is 5.88. The van der Waals surface area contributed by atoms with Crippen molar-refractivity contribution in [3.8, 4) is 0 Å². The number of hydrogen-bond donors (Lipinski definition) is 2. The molecular formula is C15H19N3O2. The summed E-state index contributed by atoms with van der Waals surface area (Å²) in [5.41, 5.74) is 0.422. The fourth-order valence-corrected chi connectivity index (χ4v) is 2.33. The maximum absolute atomic E-state index is 11.9. The average molecular weight is 273 g/mol. The van der Waals surface area contributed by atoms with Crippen LogP contribution < -0.4 is 5.32 Å². The molecule has 2 rings (SSSR count).